The molecular weight excluding hydrogens is 521 g/mol. The van der Waals surface area contributed by atoms with Gasteiger partial charge in [0.25, 0.3) is 0 Å². The van der Waals surface area contributed by atoms with Crippen molar-refractivity contribution in [2.45, 2.75) is 71.3 Å². The molecule has 1 nitrogen and oxygen atoms in total. The van der Waals surface area contributed by atoms with Gasteiger partial charge in [-0.05, 0) is 0 Å². The van der Waals surface area contributed by atoms with Crippen LogP contribution >= 0.6 is 0 Å². The van der Waals surface area contributed by atoms with Gasteiger partial charge in [0.05, 0.1) is 0 Å². The summed E-state index contributed by atoms with van der Waals surface area (Å²) in [5.41, 5.74) is 7.33. The van der Waals surface area contributed by atoms with Crippen LogP contribution in [0.25, 0.3) is 33.2 Å². The first kappa shape index (κ1) is 26.1. The summed E-state index contributed by atoms with van der Waals surface area (Å²) >= 11 is -2.82. The van der Waals surface area contributed by atoms with Crippen LogP contribution in [0.1, 0.15) is 51.3 Å². The SMILES string of the molecule is Cc1c(CC(C)(C)C(F)F)ccc2[c]1[Ge]([CH3])([CH3])[c]1c-2ccnc1-c1cc(C(C)(C)C)c2ccccc2c1. The molecule has 1 aliphatic heterocycles. The molecule has 1 aromatic heterocycles. The Balaban J connectivity index is 1.72. The number of aromatic nitrogens is 1. The number of halogens is 2. The first-order chi connectivity index (χ1) is 17.2. The maximum absolute atomic E-state index is 13.7. The van der Waals surface area contributed by atoms with Crippen molar-refractivity contribution in [1.29, 1.82) is 0 Å². The van der Waals surface area contributed by atoms with Crippen LogP contribution in [0.5, 0.6) is 0 Å². The molecule has 0 radical (unpaired) electrons. The molecule has 0 amide bonds. The zero-order valence-corrected chi connectivity index (χ0v) is 25.4. The molecule has 0 spiro atoms. The van der Waals surface area contributed by atoms with Crippen LogP contribution < -0.4 is 8.79 Å². The summed E-state index contributed by atoms with van der Waals surface area (Å²) in [5.74, 6) is 4.88. The molecular formula is C33H37F2GeN. The third-order valence-electron chi connectivity index (χ3n) is 8.25. The third-order valence-corrected chi connectivity index (χ3v) is 15.9. The monoisotopic (exact) mass is 559 g/mol. The number of alkyl halides is 2. The molecule has 0 aliphatic carbocycles. The first-order valence-electron chi connectivity index (χ1n) is 13.2. The topological polar surface area (TPSA) is 12.9 Å². The average molecular weight is 558 g/mol. The van der Waals surface area contributed by atoms with Crippen molar-refractivity contribution in [3.05, 3.63) is 77.5 Å². The van der Waals surface area contributed by atoms with Crippen LogP contribution in [0.3, 0.4) is 0 Å². The summed E-state index contributed by atoms with van der Waals surface area (Å²) in [6.07, 6.45) is -0.0348. The van der Waals surface area contributed by atoms with Crippen LogP contribution in [0, 0.1) is 12.3 Å². The van der Waals surface area contributed by atoms with Crippen LogP contribution in [0.4, 0.5) is 8.78 Å². The predicted molar refractivity (Wildman–Crippen MR) is 156 cm³/mol. The molecule has 0 unspecified atom stereocenters. The second-order valence-electron chi connectivity index (χ2n) is 12.9. The quantitative estimate of drug-likeness (QED) is 0.231. The second kappa shape index (κ2) is 8.76. The van der Waals surface area contributed by atoms with Crippen LogP contribution in [-0.4, -0.2) is 24.7 Å². The van der Waals surface area contributed by atoms with Crippen LogP contribution in [0.15, 0.2) is 60.8 Å². The Morgan fingerprint density at radius 3 is 2.22 bits per heavy atom. The van der Waals surface area contributed by atoms with Crippen molar-refractivity contribution in [1.82, 2.24) is 4.98 Å². The van der Waals surface area contributed by atoms with E-state index in [-0.39, 0.29) is 5.41 Å². The molecule has 37 heavy (non-hydrogen) atoms. The number of rotatable bonds is 4. The Labute approximate surface area is 222 Å². The van der Waals surface area contributed by atoms with Crippen molar-refractivity contribution in [3.63, 3.8) is 0 Å². The minimum absolute atomic E-state index is 0.00350. The molecule has 192 valence electrons. The molecule has 5 rings (SSSR count). The maximum atomic E-state index is 13.7. The van der Waals surface area contributed by atoms with Gasteiger partial charge in [0.1, 0.15) is 0 Å². The van der Waals surface area contributed by atoms with Crippen molar-refractivity contribution < 1.29 is 8.78 Å². The van der Waals surface area contributed by atoms with E-state index in [1.54, 1.807) is 13.8 Å². The molecule has 0 N–H and O–H groups in total. The zero-order valence-electron chi connectivity index (χ0n) is 23.3. The summed E-state index contributed by atoms with van der Waals surface area (Å²) in [6.45, 7) is 12.3. The summed E-state index contributed by atoms with van der Waals surface area (Å²) in [4.78, 5) is 5.01. The van der Waals surface area contributed by atoms with E-state index in [9.17, 15) is 8.78 Å². The molecule has 3 aromatic carbocycles. The Morgan fingerprint density at radius 2 is 1.54 bits per heavy atom. The number of hydrogen-bond donors (Lipinski definition) is 0. The molecule has 0 bridgehead atoms. The van der Waals surface area contributed by atoms with E-state index in [2.05, 4.69) is 93.8 Å². The van der Waals surface area contributed by atoms with Crippen molar-refractivity contribution >= 4 is 32.8 Å². The van der Waals surface area contributed by atoms with Gasteiger partial charge in [0.15, 0.2) is 0 Å². The van der Waals surface area contributed by atoms with Gasteiger partial charge in [-0.3, -0.25) is 0 Å². The minimum atomic E-state index is -2.82. The summed E-state index contributed by atoms with van der Waals surface area (Å²) in [6, 6.07) is 19.7. The fraction of sp³-hybridized carbons (Fsp3) is 0.364. The molecule has 1 aliphatic rings. The molecule has 4 aromatic rings. The van der Waals surface area contributed by atoms with E-state index in [4.69, 9.17) is 4.98 Å². The number of fused-ring (bicyclic) bond motifs is 4. The first-order valence-corrected chi connectivity index (χ1v) is 19.5. The van der Waals surface area contributed by atoms with E-state index in [1.807, 2.05) is 6.20 Å². The van der Waals surface area contributed by atoms with E-state index in [1.165, 1.54) is 47.4 Å². The fourth-order valence-electron chi connectivity index (χ4n) is 6.27. The standard InChI is InChI=1S/C33H37F2GeN/c1-20-22(19-33(5,6)31(34)35)13-14-25-26-15-16-37-30(29(26)36(7,8)28(20)25)23-17-21-11-9-10-12-24(21)27(18-23)32(2,3)4/h9-18,31H,19H2,1-8H3. The Morgan fingerprint density at radius 1 is 0.865 bits per heavy atom. The molecule has 4 heteroatoms. The molecule has 0 saturated heterocycles. The van der Waals surface area contributed by atoms with Crippen molar-refractivity contribution in [3.8, 4) is 22.4 Å². The van der Waals surface area contributed by atoms with Crippen molar-refractivity contribution in [2.75, 3.05) is 0 Å². The number of nitrogens with zero attached hydrogens (tertiary/aromatic N) is 1. The summed E-state index contributed by atoms with van der Waals surface area (Å²) in [5, 5.41) is 2.52. The van der Waals surface area contributed by atoms with Crippen LogP contribution in [0.2, 0.25) is 11.5 Å². The van der Waals surface area contributed by atoms with Crippen LogP contribution in [-0.2, 0) is 11.8 Å². The van der Waals surface area contributed by atoms with Crippen molar-refractivity contribution in [2.24, 2.45) is 5.41 Å². The second-order valence-corrected chi connectivity index (χ2v) is 21.9. The third kappa shape index (κ3) is 4.24. The van der Waals surface area contributed by atoms with Gasteiger partial charge in [-0.1, -0.05) is 0 Å². The van der Waals surface area contributed by atoms with Gasteiger partial charge >= 0.3 is 223 Å². The molecule has 0 saturated carbocycles. The zero-order chi connectivity index (χ0) is 26.9. The van der Waals surface area contributed by atoms with E-state index in [0.717, 1.165) is 11.3 Å². The summed E-state index contributed by atoms with van der Waals surface area (Å²) in [7, 11) is 0. The van der Waals surface area contributed by atoms with Gasteiger partial charge in [-0.15, -0.1) is 0 Å². The Kier molecular flexibility index (Phi) is 6.18. The number of pyridine rings is 1. The van der Waals surface area contributed by atoms with E-state index >= 15 is 0 Å². The number of benzene rings is 3. The van der Waals surface area contributed by atoms with Gasteiger partial charge in [0.2, 0.25) is 0 Å². The van der Waals surface area contributed by atoms with Gasteiger partial charge in [-0.25, -0.2) is 0 Å². The average Bonchev–Trinajstić information content (AvgIpc) is 3.06. The molecule has 0 atom stereocenters. The predicted octanol–water partition coefficient (Wildman–Crippen LogP) is 8.14. The Hall–Kier alpha value is -2.53. The Bertz CT molecular complexity index is 1530. The van der Waals surface area contributed by atoms with Gasteiger partial charge in [-0.2, -0.15) is 0 Å². The van der Waals surface area contributed by atoms with E-state index < -0.39 is 25.1 Å². The number of hydrogen-bond acceptors (Lipinski definition) is 1. The fourth-order valence-corrected chi connectivity index (χ4v) is 14.5. The normalized spacial score (nSPS) is 14.8. The molecule has 2 heterocycles. The summed E-state index contributed by atoms with van der Waals surface area (Å²) < 4.78 is 30.3. The molecule has 0 fully saturated rings. The van der Waals surface area contributed by atoms with Gasteiger partial charge in [0, 0.05) is 0 Å². The van der Waals surface area contributed by atoms with Gasteiger partial charge < -0.3 is 0 Å². The van der Waals surface area contributed by atoms with E-state index in [0.29, 0.717) is 6.42 Å².